The zero-order valence-electron chi connectivity index (χ0n) is 7.96. The van der Waals surface area contributed by atoms with Gasteiger partial charge in [0.2, 0.25) is 0 Å². The summed E-state index contributed by atoms with van der Waals surface area (Å²) in [5, 5.41) is 0. The van der Waals surface area contributed by atoms with Crippen molar-refractivity contribution in [3.05, 3.63) is 24.2 Å². The normalized spacial score (nSPS) is 21.6. The molecule has 1 heterocycles. The summed E-state index contributed by atoms with van der Waals surface area (Å²) in [5.41, 5.74) is 6.02. The summed E-state index contributed by atoms with van der Waals surface area (Å²) < 4.78 is 5.49. The first-order chi connectivity index (χ1) is 6.37. The largest absolute Gasteiger partial charge is 0.469 e. The van der Waals surface area contributed by atoms with Crippen LogP contribution in [0.1, 0.15) is 37.9 Å². The Morgan fingerprint density at radius 2 is 2.08 bits per heavy atom. The lowest BCUT2D eigenvalue weighted by molar-refractivity contribution is 0.252. The first-order valence-electron chi connectivity index (χ1n) is 5.11. The number of hydrogen-bond acceptors (Lipinski definition) is 2. The summed E-state index contributed by atoms with van der Waals surface area (Å²) in [5.74, 6) is 1.09. The molecule has 0 aliphatic heterocycles. The minimum atomic E-state index is 0.155. The predicted molar refractivity (Wildman–Crippen MR) is 52.5 cm³/mol. The first-order valence-corrected chi connectivity index (χ1v) is 5.11. The fraction of sp³-hybridized carbons (Fsp3) is 0.636. The highest BCUT2D eigenvalue weighted by Gasteiger charge is 2.34. The molecule has 0 amide bonds. The molecule has 0 radical (unpaired) electrons. The molecule has 2 N–H and O–H groups in total. The molecule has 2 heteroatoms. The maximum atomic E-state index is 5.87. The first kappa shape index (κ1) is 8.82. The zero-order valence-corrected chi connectivity index (χ0v) is 7.96. The molecular formula is C11H17NO. The summed E-state index contributed by atoms with van der Waals surface area (Å²) in [6.07, 6.45) is 8.06. The van der Waals surface area contributed by atoms with Crippen LogP contribution in [0.5, 0.6) is 0 Å². The van der Waals surface area contributed by atoms with Crippen molar-refractivity contribution in [2.45, 2.75) is 37.5 Å². The Bertz CT molecular complexity index is 247. The van der Waals surface area contributed by atoms with E-state index in [2.05, 4.69) is 6.07 Å². The zero-order chi connectivity index (χ0) is 9.15. The van der Waals surface area contributed by atoms with Gasteiger partial charge in [0, 0.05) is 12.0 Å². The van der Waals surface area contributed by atoms with Crippen LogP contribution in [0, 0.1) is 0 Å². The van der Waals surface area contributed by atoms with Gasteiger partial charge in [-0.05, 0) is 25.0 Å². The van der Waals surface area contributed by atoms with Crippen molar-refractivity contribution in [1.29, 1.82) is 0 Å². The second-order valence-electron chi connectivity index (χ2n) is 4.02. The lowest BCUT2D eigenvalue weighted by Gasteiger charge is -2.34. The predicted octanol–water partition coefficient (Wildman–Crippen LogP) is 2.44. The van der Waals surface area contributed by atoms with E-state index in [1.807, 2.05) is 6.07 Å². The highest BCUT2D eigenvalue weighted by atomic mass is 16.3. The third-order valence-electron chi connectivity index (χ3n) is 3.25. The SMILES string of the molecule is NCC1(c2ccco2)CCCCC1. The van der Waals surface area contributed by atoms with E-state index in [1.54, 1.807) is 6.26 Å². The van der Waals surface area contributed by atoms with Gasteiger partial charge in [-0.25, -0.2) is 0 Å². The molecule has 2 rings (SSSR count). The van der Waals surface area contributed by atoms with E-state index in [0.29, 0.717) is 0 Å². The molecule has 1 saturated carbocycles. The van der Waals surface area contributed by atoms with Gasteiger partial charge < -0.3 is 10.2 Å². The van der Waals surface area contributed by atoms with Crippen LogP contribution < -0.4 is 5.73 Å². The summed E-state index contributed by atoms with van der Waals surface area (Å²) in [4.78, 5) is 0. The molecule has 0 spiro atoms. The molecule has 0 unspecified atom stereocenters. The summed E-state index contributed by atoms with van der Waals surface area (Å²) in [6, 6.07) is 4.03. The van der Waals surface area contributed by atoms with Crippen LogP contribution in [0.25, 0.3) is 0 Å². The van der Waals surface area contributed by atoms with Gasteiger partial charge in [-0.1, -0.05) is 19.3 Å². The monoisotopic (exact) mass is 179 g/mol. The van der Waals surface area contributed by atoms with Crippen molar-refractivity contribution in [3.8, 4) is 0 Å². The topological polar surface area (TPSA) is 39.2 Å². The van der Waals surface area contributed by atoms with E-state index in [1.165, 1.54) is 32.1 Å². The van der Waals surface area contributed by atoms with Gasteiger partial charge in [0.05, 0.1) is 6.26 Å². The average molecular weight is 179 g/mol. The van der Waals surface area contributed by atoms with Gasteiger partial charge in [-0.2, -0.15) is 0 Å². The molecule has 13 heavy (non-hydrogen) atoms. The maximum Gasteiger partial charge on any atom is 0.111 e. The maximum absolute atomic E-state index is 5.87. The Kier molecular flexibility index (Phi) is 2.40. The lowest BCUT2D eigenvalue weighted by atomic mass is 9.72. The molecule has 0 saturated heterocycles. The smallest absolute Gasteiger partial charge is 0.111 e. The van der Waals surface area contributed by atoms with E-state index in [0.717, 1.165) is 12.3 Å². The molecule has 0 bridgehead atoms. The Morgan fingerprint density at radius 1 is 1.31 bits per heavy atom. The third kappa shape index (κ3) is 1.51. The minimum absolute atomic E-state index is 0.155. The summed E-state index contributed by atoms with van der Waals surface area (Å²) in [7, 11) is 0. The van der Waals surface area contributed by atoms with E-state index in [9.17, 15) is 0 Å². The van der Waals surface area contributed by atoms with Crippen LogP contribution in [0.15, 0.2) is 22.8 Å². The molecule has 1 aromatic heterocycles. The van der Waals surface area contributed by atoms with E-state index < -0.39 is 0 Å². The van der Waals surface area contributed by atoms with Crippen LogP contribution in [0.3, 0.4) is 0 Å². The van der Waals surface area contributed by atoms with Crippen LogP contribution in [0.4, 0.5) is 0 Å². The quantitative estimate of drug-likeness (QED) is 0.757. The van der Waals surface area contributed by atoms with Crippen molar-refractivity contribution in [2.75, 3.05) is 6.54 Å². The molecule has 2 nitrogen and oxygen atoms in total. The molecule has 0 atom stereocenters. The molecule has 0 aromatic carbocycles. The fourth-order valence-electron chi connectivity index (χ4n) is 2.36. The molecule has 1 fully saturated rings. The number of hydrogen-bond donors (Lipinski definition) is 1. The van der Waals surface area contributed by atoms with Gasteiger partial charge in [0.15, 0.2) is 0 Å². The summed E-state index contributed by atoms with van der Waals surface area (Å²) >= 11 is 0. The van der Waals surface area contributed by atoms with Crippen LogP contribution >= 0.6 is 0 Å². The van der Waals surface area contributed by atoms with Crippen molar-refractivity contribution < 1.29 is 4.42 Å². The van der Waals surface area contributed by atoms with Crippen LogP contribution in [-0.2, 0) is 5.41 Å². The number of rotatable bonds is 2. The summed E-state index contributed by atoms with van der Waals surface area (Å²) in [6.45, 7) is 0.723. The molecule has 1 aliphatic carbocycles. The molecule has 72 valence electrons. The van der Waals surface area contributed by atoms with Crippen molar-refractivity contribution in [2.24, 2.45) is 5.73 Å². The van der Waals surface area contributed by atoms with Crippen molar-refractivity contribution in [3.63, 3.8) is 0 Å². The van der Waals surface area contributed by atoms with Gasteiger partial charge in [0.1, 0.15) is 5.76 Å². The Hall–Kier alpha value is -0.760. The van der Waals surface area contributed by atoms with Crippen LogP contribution in [0.2, 0.25) is 0 Å². The van der Waals surface area contributed by atoms with Gasteiger partial charge in [0.25, 0.3) is 0 Å². The van der Waals surface area contributed by atoms with E-state index in [-0.39, 0.29) is 5.41 Å². The third-order valence-corrected chi connectivity index (χ3v) is 3.25. The van der Waals surface area contributed by atoms with E-state index >= 15 is 0 Å². The Morgan fingerprint density at radius 3 is 2.62 bits per heavy atom. The Labute approximate surface area is 79.1 Å². The second kappa shape index (κ2) is 3.54. The van der Waals surface area contributed by atoms with Crippen molar-refractivity contribution >= 4 is 0 Å². The molecule has 1 aromatic rings. The standard InChI is InChI=1S/C11H17NO/c12-9-11(6-2-1-3-7-11)10-5-4-8-13-10/h4-5,8H,1-3,6-7,9,12H2. The van der Waals surface area contributed by atoms with Gasteiger partial charge in [-0.15, -0.1) is 0 Å². The van der Waals surface area contributed by atoms with Crippen LogP contribution in [-0.4, -0.2) is 6.54 Å². The average Bonchev–Trinajstić information content (AvgIpc) is 2.72. The minimum Gasteiger partial charge on any atom is -0.469 e. The van der Waals surface area contributed by atoms with Gasteiger partial charge in [-0.3, -0.25) is 0 Å². The highest BCUT2D eigenvalue weighted by molar-refractivity contribution is 5.15. The second-order valence-corrected chi connectivity index (χ2v) is 4.02. The lowest BCUT2D eigenvalue weighted by Crippen LogP contribution is -2.36. The van der Waals surface area contributed by atoms with Crippen molar-refractivity contribution in [1.82, 2.24) is 0 Å². The Balaban J connectivity index is 2.23. The fourth-order valence-corrected chi connectivity index (χ4v) is 2.36. The number of furan rings is 1. The number of nitrogens with two attached hydrogens (primary N) is 1. The van der Waals surface area contributed by atoms with Gasteiger partial charge >= 0.3 is 0 Å². The molecule has 1 aliphatic rings. The molecular weight excluding hydrogens is 162 g/mol. The van der Waals surface area contributed by atoms with E-state index in [4.69, 9.17) is 10.2 Å². The highest BCUT2D eigenvalue weighted by Crippen LogP contribution is 2.38.